The lowest BCUT2D eigenvalue weighted by atomic mass is 10.3. The summed E-state index contributed by atoms with van der Waals surface area (Å²) in [4.78, 5) is 27.6. The van der Waals surface area contributed by atoms with Crippen LogP contribution in [-0.2, 0) is 4.74 Å². The Labute approximate surface area is 118 Å². The standard InChI is InChI=1S/C13H11FN2O3S/c1-19-12(18)10-7-11(17)16(13(15-10)20-2)9-5-3-4-8(14)6-9/h3-7H,1-2H3. The fraction of sp³-hybridized carbons (Fsp3) is 0.154. The van der Waals surface area contributed by atoms with Crippen molar-refractivity contribution in [3.63, 3.8) is 0 Å². The monoisotopic (exact) mass is 294 g/mol. The van der Waals surface area contributed by atoms with Gasteiger partial charge in [-0.15, -0.1) is 0 Å². The van der Waals surface area contributed by atoms with Crippen LogP contribution in [0.25, 0.3) is 5.69 Å². The number of methoxy groups -OCH3 is 1. The Morgan fingerprint density at radius 3 is 2.75 bits per heavy atom. The summed E-state index contributed by atoms with van der Waals surface area (Å²) < 4.78 is 19.0. The molecule has 1 aromatic heterocycles. The third-order valence-electron chi connectivity index (χ3n) is 2.53. The fourth-order valence-electron chi connectivity index (χ4n) is 1.66. The molecule has 0 saturated carbocycles. The van der Waals surface area contributed by atoms with Gasteiger partial charge in [-0.25, -0.2) is 14.2 Å². The zero-order valence-electron chi connectivity index (χ0n) is 10.8. The van der Waals surface area contributed by atoms with E-state index < -0.39 is 17.3 Å². The molecule has 104 valence electrons. The number of halogens is 1. The Hall–Kier alpha value is -2.15. The van der Waals surface area contributed by atoms with Crippen LogP contribution in [0, 0.1) is 5.82 Å². The zero-order valence-corrected chi connectivity index (χ0v) is 11.6. The lowest BCUT2D eigenvalue weighted by molar-refractivity contribution is 0.0592. The summed E-state index contributed by atoms with van der Waals surface area (Å²) in [6, 6.07) is 6.65. The molecule has 0 aliphatic rings. The number of hydrogen-bond acceptors (Lipinski definition) is 5. The molecule has 1 aromatic carbocycles. The molecule has 0 saturated heterocycles. The van der Waals surface area contributed by atoms with E-state index in [0.29, 0.717) is 5.69 Å². The number of benzene rings is 1. The number of ether oxygens (including phenoxy) is 1. The Balaban J connectivity index is 2.65. The van der Waals surface area contributed by atoms with Crippen molar-refractivity contribution in [3.05, 3.63) is 52.2 Å². The van der Waals surface area contributed by atoms with Gasteiger partial charge in [-0.3, -0.25) is 9.36 Å². The molecule has 2 rings (SSSR count). The summed E-state index contributed by atoms with van der Waals surface area (Å²) in [7, 11) is 1.21. The number of hydrogen-bond donors (Lipinski definition) is 0. The van der Waals surface area contributed by atoms with Crippen LogP contribution in [0.1, 0.15) is 10.5 Å². The van der Waals surface area contributed by atoms with E-state index in [4.69, 9.17) is 0 Å². The van der Waals surface area contributed by atoms with Crippen molar-refractivity contribution >= 4 is 17.7 Å². The van der Waals surface area contributed by atoms with Crippen molar-refractivity contribution in [2.45, 2.75) is 5.16 Å². The molecule has 0 aliphatic heterocycles. The van der Waals surface area contributed by atoms with Gasteiger partial charge in [0.15, 0.2) is 10.9 Å². The first-order valence-electron chi connectivity index (χ1n) is 5.59. The second kappa shape index (κ2) is 5.87. The van der Waals surface area contributed by atoms with Gasteiger partial charge < -0.3 is 4.74 Å². The normalized spacial score (nSPS) is 10.3. The van der Waals surface area contributed by atoms with Gasteiger partial charge in [-0.2, -0.15) is 0 Å². The van der Waals surface area contributed by atoms with E-state index >= 15 is 0 Å². The molecule has 0 fully saturated rings. The summed E-state index contributed by atoms with van der Waals surface area (Å²) in [5, 5.41) is 0.281. The van der Waals surface area contributed by atoms with E-state index in [1.165, 1.54) is 41.6 Å². The van der Waals surface area contributed by atoms with E-state index in [-0.39, 0.29) is 10.9 Å². The largest absolute Gasteiger partial charge is 0.464 e. The van der Waals surface area contributed by atoms with Crippen LogP contribution >= 0.6 is 11.8 Å². The van der Waals surface area contributed by atoms with Crippen molar-refractivity contribution < 1.29 is 13.9 Å². The highest BCUT2D eigenvalue weighted by Crippen LogP contribution is 2.16. The molecule has 0 spiro atoms. The highest BCUT2D eigenvalue weighted by Gasteiger charge is 2.15. The molecule has 0 aliphatic carbocycles. The first-order chi connectivity index (χ1) is 9.56. The maximum atomic E-state index is 13.3. The van der Waals surface area contributed by atoms with Crippen LogP contribution in [0.15, 0.2) is 40.3 Å². The Morgan fingerprint density at radius 2 is 2.15 bits per heavy atom. The molecule has 0 radical (unpaired) electrons. The summed E-state index contributed by atoms with van der Waals surface area (Å²) in [5.74, 6) is -1.15. The summed E-state index contributed by atoms with van der Waals surface area (Å²) in [6.45, 7) is 0. The van der Waals surface area contributed by atoms with Crippen LogP contribution < -0.4 is 5.56 Å². The molecule has 0 atom stereocenters. The van der Waals surface area contributed by atoms with E-state index in [0.717, 1.165) is 6.07 Å². The van der Waals surface area contributed by atoms with Crippen molar-refractivity contribution in [2.24, 2.45) is 0 Å². The van der Waals surface area contributed by atoms with E-state index in [1.807, 2.05) is 0 Å². The minimum absolute atomic E-state index is 0.0745. The van der Waals surface area contributed by atoms with E-state index in [1.54, 1.807) is 12.3 Å². The van der Waals surface area contributed by atoms with Gasteiger partial charge in [0.2, 0.25) is 0 Å². The summed E-state index contributed by atoms with van der Waals surface area (Å²) >= 11 is 1.17. The molecule has 20 heavy (non-hydrogen) atoms. The van der Waals surface area contributed by atoms with Gasteiger partial charge in [0.05, 0.1) is 12.8 Å². The highest BCUT2D eigenvalue weighted by molar-refractivity contribution is 7.98. The number of aromatic nitrogens is 2. The van der Waals surface area contributed by atoms with Gasteiger partial charge >= 0.3 is 5.97 Å². The third-order valence-corrected chi connectivity index (χ3v) is 3.17. The fourth-order valence-corrected chi connectivity index (χ4v) is 2.23. The first kappa shape index (κ1) is 14.3. The number of esters is 1. The first-order valence-corrected chi connectivity index (χ1v) is 6.81. The molecule has 1 heterocycles. The number of carbonyl (C=O) groups excluding carboxylic acids is 1. The van der Waals surface area contributed by atoms with E-state index in [2.05, 4.69) is 9.72 Å². The van der Waals surface area contributed by atoms with Crippen LogP contribution in [-0.4, -0.2) is 28.9 Å². The predicted molar refractivity (Wildman–Crippen MR) is 72.9 cm³/mol. The Bertz CT molecular complexity index is 715. The quantitative estimate of drug-likeness (QED) is 0.491. The molecule has 0 bridgehead atoms. The lowest BCUT2D eigenvalue weighted by Gasteiger charge is -2.11. The molecule has 0 amide bonds. The number of carbonyl (C=O) groups is 1. The minimum Gasteiger partial charge on any atom is -0.464 e. The predicted octanol–water partition coefficient (Wildman–Crippen LogP) is 1.88. The van der Waals surface area contributed by atoms with Crippen LogP contribution in [0.3, 0.4) is 0 Å². The van der Waals surface area contributed by atoms with Gasteiger partial charge in [0.1, 0.15) is 5.82 Å². The molecular weight excluding hydrogens is 283 g/mol. The Morgan fingerprint density at radius 1 is 1.40 bits per heavy atom. The smallest absolute Gasteiger partial charge is 0.356 e. The molecule has 0 unspecified atom stereocenters. The number of thioether (sulfide) groups is 1. The van der Waals surface area contributed by atoms with Crippen LogP contribution in [0.5, 0.6) is 0 Å². The average Bonchev–Trinajstić information content (AvgIpc) is 2.45. The van der Waals surface area contributed by atoms with Gasteiger partial charge in [0.25, 0.3) is 5.56 Å². The maximum Gasteiger partial charge on any atom is 0.356 e. The molecular formula is C13H11FN2O3S. The van der Waals surface area contributed by atoms with Gasteiger partial charge in [0, 0.05) is 6.07 Å². The SMILES string of the molecule is COC(=O)c1cc(=O)n(-c2cccc(F)c2)c(SC)n1. The minimum atomic E-state index is -0.691. The van der Waals surface area contributed by atoms with Crippen molar-refractivity contribution in [3.8, 4) is 5.69 Å². The summed E-state index contributed by atoms with van der Waals surface area (Å²) in [6.07, 6.45) is 1.71. The Kier molecular flexibility index (Phi) is 4.19. The highest BCUT2D eigenvalue weighted by atomic mass is 32.2. The molecule has 7 heteroatoms. The topological polar surface area (TPSA) is 61.2 Å². The van der Waals surface area contributed by atoms with Gasteiger partial charge in [-0.05, 0) is 24.5 Å². The van der Waals surface area contributed by atoms with Crippen molar-refractivity contribution in [2.75, 3.05) is 13.4 Å². The van der Waals surface area contributed by atoms with Crippen molar-refractivity contribution in [1.29, 1.82) is 0 Å². The molecule has 2 aromatic rings. The molecule has 0 N–H and O–H groups in total. The molecule has 5 nitrogen and oxygen atoms in total. The maximum absolute atomic E-state index is 13.3. The average molecular weight is 294 g/mol. The van der Waals surface area contributed by atoms with Gasteiger partial charge in [-0.1, -0.05) is 17.8 Å². The van der Waals surface area contributed by atoms with E-state index in [9.17, 15) is 14.0 Å². The van der Waals surface area contributed by atoms with Crippen LogP contribution in [0.4, 0.5) is 4.39 Å². The zero-order chi connectivity index (χ0) is 14.7. The van der Waals surface area contributed by atoms with Crippen molar-refractivity contribution in [1.82, 2.24) is 9.55 Å². The van der Waals surface area contributed by atoms with Crippen LogP contribution in [0.2, 0.25) is 0 Å². The number of rotatable bonds is 3. The number of nitrogens with zero attached hydrogens (tertiary/aromatic N) is 2. The lowest BCUT2D eigenvalue weighted by Crippen LogP contribution is -2.23. The third kappa shape index (κ3) is 2.72. The second-order valence-electron chi connectivity index (χ2n) is 3.77. The summed E-state index contributed by atoms with van der Waals surface area (Å²) in [5.41, 5.74) is -0.201. The second-order valence-corrected chi connectivity index (χ2v) is 4.55.